The predicted octanol–water partition coefficient (Wildman–Crippen LogP) is 3.22. The van der Waals surface area contributed by atoms with Gasteiger partial charge in [-0.15, -0.1) is 0 Å². The highest BCUT2D eigenvalue weighted by atomic mass is 16.5. The molecule has 0 unspecified atom stereocenters. The van der Waals surface area contributed by atoms with Gasteiger partial charge in [-0.3, -0.25) is 0 Å². The zero-order valence-electron chi connectivity index (χ0n) is 15.1. The number of aryl methyl sites for hydroxylation is 1. The monoisotopic (exact) mass is 359 g/mol. The first kappa shape index (κ1) is 17.7. The molecule has 138 valence electrons. The maximum atomic E-state index is 10.2. The highest BCUT2D eigenvalue weighted by molar-refractivity contribution is 6.08. The lowest BCUT2D eigenvalue weighted by Gasteiger charge is -2.20. The van der Waals surface area contributed by atoms with Crippen molar-refractivity contribution in [3.8, 4) is 39.9 Å². The minimum Gasteiger partial charge on any atom is -0.504 e. The van der Waals surface area contributed by atoms with Crippen molar-refractivity contribution in [2.24, 2.45) is 5.16 Å². The van der Waals surface area contributed by atoms with E-state index in [0.29, 0.717) is 47.1 Å². The molecule has 0 radical (unpaired) electrons. The largest absolute Gasteiger partial charge is 0.504 e. The summed E-state index contributed by atoms with van der Waals surface area (Å²) in [7, 11) is 6.14. The van der Waals surface area contributed by atoms with Crippen LogP contribution in [0.3, 0.4) is 0 Å². The van der Waals surface area contributed by atoms with Gasteiger partial charge in [-0.2, -0.15) is 0 Å². The molecule has 0 bridgehead atoms. The number of rotatable bonds is 4. The third-order valence-corrected chi connectivity index (χ3v) is 4.56. The third kappa shape index (κ3) is 2.65. The number of phenols is 1. The number of methoxy groups -OCH3 is 4. The van der Waals surface area contributed by atoms with Crippen molar-refractivity contribution in [1.29, 1.82) is 0 Å². The molecule has 7 nitrogen and oxygen atoms in total. The number of phenolic OH excluding ortho intramolecular Hbond substituents is 1. The van der Waals surface area contributed by atoms with Gasteiger partial charge in [0.1, 0.15) is 0 Å². The topological polar surface area (TPSA) is 89.7 Å². The fourth-order valence-electron chi connectivity index (χ4n) is 3.37. The van der Waals surface area contributed by atoms with E-state index >= 15 is 0 Å². The minimum absolute atomic E-state index is 0.0321. The van der Waals surface area contributed by atoms with Crippen molar-refractivity contribution in [3.05, 3.63) is 29.3 Å². The summed E-state index contributed by atoms with van der Waals surface area (Å²) in [6.45, 7) is 0. The SMILES string of the molecule is COc1cc2c(cc1O)C(=NO)CCc1cc(OC)c(OC)c(OC)c1-2. The maximum Gasteiger partial charge on any atom is 0.203 e. The van der Waals surface area contributed by atoms with Crippen LogP contribution in [0.1, 0.15) is 17.5 Å². The lowest BCUT2D eigenvalue weighted by atomic mass is 9.94. The Morgan fingerprint density at radius 3 is 2.08 bits per heavy atom. The van der Waals surface area contributed by atoms with Gasteiger partial charge in [-0.25, -0.2) is 0 Å². The number of ether oxygens (including phenoxy) is 4. The van der Waals surface area contributed by atoms with Gasteiger partial charge in [0.05, 0.1) is 34.2 Å². The lowest BCUT2D eigenvalue weighted by Crippen LogP contribution is -2.02. The summed E-state index contributed by atoms with van der Waals surface area (Å²) in [6.07, 6.45) is 1.09. The summed E-state index contributed by atoms with van der Waals surface area (Å²) in [6, 6.07) is 5.13. The van der Waals surface area contributed by atoms with E-state index in [0.717, 1.165) is 16.7 Å². The molecule has 0 saturated carbocycles. The van der Waals surface area contributed by atoms with E-state index in [-0.39, 0.29) is 5.75 Å². The van der Waals surface area contributed by atoms with E-state index in [4.69, 9.17) is 18.9 Å². The smallest absolute Gasteiger partial charge is 0.203 e. The van der Waals surface area contributed by atoms with Gasteiger partial charge in [0.15, 0.2) is 23.0 Å². The van der Waals surface area contributed by atoms with Crippen molar-refractivity contribution < 1.29 is 29.3 Å². The number of hydrogen-bond acceptors (Lipinski definition) is 7. The number of benzene rings is 2. The molecular weight excluding hydrogens is 338 g/mol. The third-order valence-electron chi connectivity index (χ3n) is 4.56. The Hall–Kier alpha value is -3.09. The molecule has 2 N–H and O–H groups in total. The van der Waals surface area contributed by atoms with Crippen LogP contribution in [-0.4, -0.2) is 44.5 Å². The Morgan fingerprint density at radius 2 is 1.50 bits per heavy atom. The van der Waals surface area contributed by atoms with Gasteiger partial charge in [-0.05, 0) is 42.2 Å². The fourth-order valence-corrected chi connectivity index (χ4v) is 3.37. The van der Waals surface area contributed by atoms with Crippen molar-refractivity contribution >= 4 is 5.71 Å². The van der Waals surface area contributed by atoms with Crippen LogP contribution in [0.4, 0.5) is 0 Å². The summed E-state index contributed by atoms with van der Waals surface area (Å²) < 4.78 is 21.9. The van der Waals surface area contributed by atoms with Crippen LogP contribution in [0.15, 0.2) is 23.4 Å². The second-order valence-electron chi connectivity index (χ2n) is 5.80. The first-order valence-corrected chi connectivity index (χ1v) is 8.04. The minimum atomic E-state index is -0.0321. The summed E-state index contributed by atoms with van der Waals surface area (Å²) in [4.78, 5) is 0. The molecule has 0 amide bonds. The van der Waals surface area contributed by atoms with E-state index in [1.165, 1.54) is 13.2 Å². The van der Waals surface area contributed by atoms with Crippen LogP contribution in [0.2, 0.25) is 0 Å². The summed E-state index contributed by atoms with van der Waals surface area (Å²) in [5, 5.41) is 23.1. The fraction of sp³-hybridized carbons (Fsp3) is 0.316. The molecule has 0 fully saturated rings. The highest BCUT2D eigenvalue weighted by Gasteiger charge is 2.28. The van der Waals surface area contributed by atoms with E-state index in [1.54, 1.807) is 27.4 Å². The molecule has 0 aliphatic heterocycles. The quantitative estimate of drug-likeness (QED) is 0.644. The van der Waals surface area contributed by atoms with Gasteiger partial charge in [0.25, 0.3) is 0 Å². The van der Waals surface area contributed by atoms with E-state index in [1.807, 2.05) is 6.07 Å². The zero-order chi connectivity index (χ0) is 18.8. The number of oxime groups is 1. The Morgan fingerprint density at radius 1 is 0.808 bits per heavy atom. The van der Waals surface area contributed by atoms with Crippen LogP contribution in [-0.2, 0) is 6.42 Å². The molecule has 1 aliphatic carbocycles. The molecular formula is C19H21NO6. The second kappa shape index (κ2) is 7.03. The van der Waals surface area contributed by atoms with Gasteiger partial charge < -0.3 is 29.3 Å². The molecule has 7 heteroatoms. The van der Waals surface area contributed by atoms with Crippen molar-refractivity contribution in [2.75, 3.05) is 28.4 Å². The van der Waals surface area contributed by atoms with E-state index in [9.17, 15) is 10.3 Å². The Kier molecular flexibility index (Phi) is 4.79. The lowest BCUT2D eigenvalue weighted by molar-refractivity contribution is 0.318. The number of nitrogens with zero attached hydrogens (tertiary/aromatic N) is 1. The first-order valence-electron chi connectivity index (χ1n) is 8.04. The van der Waals surface area contributed by atoms with E-state index < -0.39 is 0 Å². The highest BCUT2D eigenvalue weighted by Crippen LogP contribution is 2.50. The van der Waals surface area contributed by atoms with Crippen molar-refractivity contribution in [2.45, 2.75) is 12.8 Å². The standard InChI is InChI=1S/C19H21NO6/c1-23-15-9-12-11(8-14(15)21)13(20-22)6-5-10-7-16(24-2)18(25-3)19(26-4)17(10)12/h7-9,21-22H,5-6H2,1-4H3. The van der Waals surface area contributed by atoms with Gasteiger partial charge >= 0.3 is 0 Å². The molecule has 2 aromatic rings. The molecule has 0 atom stereocenters. The normalized spacial score (nSPS) is 14.2. The van der Waals surface area contributed by atoms with Crippen LogP contribution in [0.25, 0.3) is 11.1 Å². The molecule has 0 heterocycles. The van der Waals surface area contributed by atoms with Crippen LogP contribution >= 0.6 is 0 Å². The molecule has 0 saturated heterocycles. The second-order valence-corrected chi connectivity index (χ2v) is 5.80. The number of aromatic hydroxyl groups is 1. The first-order chi connectivity index (χ1) is 12.6. The predicted molar refractivity (Wildman–Crippen MR) is 96.4 cm³/mol. The molecule has 2 aromatic carbocycles. The molecule has 26 heavy (non-hydrogen) atoms. The zero-order valence-corrected chi connectivity index (χ0v) is 15.1. The van der Waals surface area contributed by atoms with E-state index in [2.05, 4.69) is 5.16 Å². The van der Waals surface area contributed by atoms with Crippen LogP contribution in [0, 0.1) is 0 Å². The molecule has 0 aromatic heterocycles. The van der Waals surface area contributed by atoms with Gasteiger partial charge in [0, 0.05) is 11.1 Å². The Balaban J connectivity index is 2.43. The average Bonchev–Trinajstić information content (AvgIpc) is 2.81. The molecule has 1 aliphatic rings. The number of hydrogen-bond donors (Lipinski definition) is 2. The maximum absolute atomic E-state index is 10.2. The molecule has 0 spiro atoms. The number of fused-ring (bicyclic) bond motifs is 3. The average molecular weight is 359 g/mol. The summed E-state index contributed by atoms with van der Waals surface area (Å²) >= 11 is 0. The van der Waals surface area contributed by atoms with Gasteiger partial charge in [0.2, 0.25) is 5.75 Å². The Bertz CT molecular complexity index is 875. The van der Waals surface area contributed by atoms with Gasteiger partial charge in [-0.1, -0.05) is 5.16 Å². The summed E-state index contributed by atoms with van der Waals surface area (Å²) in [5.41, 5.74) is 3.53. The van der Waals surface area contributed by atoms with Crippen molar-refractivity contribution in [3.63, 3.8) is 0 Å². The molecule has 3 rings (SSSR count). The summed E-state index contributed by atoms with van der Waals surface area (Å²) in [5.74, 6) is 1.81. The Labute approximate surface area is 151 Å². The van der Waals surface area contributed by atoms with Crippen molar-refractivity contribution in [1.82, 2.24) is 0 Å². The van der Waals surface area contributed by atoms with Crippen LogP contribution in [0.5, 0.6) is 28.7 Å². The van der Waals surface area contributed by atoms with Crippen LogP contribution < -0.4 is 18.9 Å².